The van der Waals surface area contributed by atoms with Crippen molar-refractivity contribution in [2.75, 3.05) is 11.6 Å². The standard InChI is InChI=1S/C11H10Cl2N4O3S/c1-21(19,20)6-17-14-5-10(16-17)11(18)15-9-3-2-7(12)4-8(9)13/h2-5H,6H2,1H3,(H,15,18). The van der Waals surface area contributed by atoms with Crippen molar-refractivity contribution >= 4 is 44.6 Å². The third-order valence-corrected chi connectivity index (χ3v) is 3.55. The first-order chi connectivity index (χ1) is 9.74. The fourth-order valence-corrected chi connectivity index (χ4v) is 2.45. The number of carbonyl (C=O) groups excluding carboxylic acids is 1. The van der Waals surface area contributed by atoms with Gasteiger partial charge in [-0.1, -0.05) is 23.2 Å². The van der Waals surface area contributed by atoms with Crippen molar-refractivity contribution < 1.29 is 13.2 Å². The summed E-state index contributed by atoms with van der Waals surface area (Å²) in [6, 6.07) is 4.60. The maximum Gasteiger partial charge on any atom is 0.277 e. The Hall–Kier alpha value is -1.64. The fraction of sp³-hybridized carbons (Fsp3) is 0.182. The van der Waals surface area contributed by atoms with Gasteiger partial charge in [-0.15, -0.1) is 5.10 Å². The van der Waals surface area contributed by atoms with Gasteiger partial charge >= 0.3 is 0 Å². The molecule has 2 rings (SSSR count). The highest BCUT2D eigenvalue weighted by atomic mass is 35.5. The maximum absolute atomic E-state index is 12.0. The van der Waals surface area contributed by atoms with Crippen LogP contribution >= 0.6 is 23.2 Å². The van der Waals surface area contributed by atoms with Crippen molar-refractivity contribution in [1.82, 2.24) is 15.0 Å². The van der Waals surface area contributed by atoms with Gasteiger partial charge in [-0.2, -0.15) is 9.90 Å². The Labute approximate surface area is 130 Å². The second kappa shape index (κ2) is 6.00. The van der Waals surface area contributed by atoms with Crippen LogP contribution in [0.5, 0.6) is 0 Å². The van der Waals surface area contributed by atoms with Crippen LogP contribution in [-0.2, 0) is 15.7 Å². The first kappa shape index (κ1) is 15.7. The van der Waals surface area contributed by atoms with E-state index in [9.17, 15) is 13.2 Å². The van der Waals surface area contributed by atoms with E-state index in [-0.39, 0.29) is 10.7 Å². The first-order valence-corrected chi connectivity index (χ1v) is 8.40. The van der Waals surface area contributed by atoms with Crippen LogP contribution in [0, 0.1) is 0 Å². The quantitative estimate of drug-likeness (QED) is 0.909. The predicted octanol–water partition coefficient (Wildman–Crippen LogP) is 1.84. The molecule has 1 aromatic carbocycles. The lowest BCUT2D eigenvalue weighted by molar-refractivity contribution is 0.102. The number of benzene rings is 1. The van der Waals surface area contributed by atoms with E-state index in [4.69, 9.17) is 23.2 Å². The number of nitrogens with one attached hydrogen (secondary N) is 1. The molecule has 0 saturated carbocycles. The zero-order chi connectivity index (χ0) is 15.6. The molecule has 112 valence electrons. The Morgan fingerprint density at radius 1 is 1.38 bits per heavy atom. The van der Waals surface area contributed by atoms with E-state index in [0.717, 1.165) is 11.1 Å². The topological polar surface area (TPSA) is 94.0 Å². The molecule has 1 N–H and O–H groups in total. The highest BCUT2D eigenvalue weighted by molar-refractivity contribution is 7.89. The molecule has 0 spiro atoms. The number of amides is 1. The van der Waals surface area contributed by atoms with Gasteiger partial charge in [-0.3, -0.25) is 4.79 Å². The van der Waals surface area contributed by atoms with Crippen molar-refractivity contribution in [3.63, 3.8) is 0 Å². The molecule has 0 atom stereocenters. The number of aromatic nitrogens is 3. The minimum atomic E-state index is -3.29. The van der Waals surface area contributed by atoms with E-state index in [1.807, 2.05) is 0 Å². The second-order valence-electron chi connectivity index (χ2n) is 4.24. The number of hydrogen-bond donors (Lipinski definition) is 1. The first-order valence-electron chi connectivity index (χ1n) is 5.59. The van der Waals surface area contributed by atoms with Gasteiger partial charge < -0.3 is 5.32 Å². The van der Waals surface area contributed by atoms with E-state index in [1.54, 1.807) is 12.1 Å². The monoisotopic (exact) mass is 348 g/mol. The summed E-state index contributed by atoms with van der Waals surface area (Å²) >= 11 is 11.7. The third kappa shape index (κ3) is 4.42. The highest BCUT2D eigenvalue weighted by Gasteiger charge is 2.14. The van der Waals surface area contributed by atoms with Gasteiger partial charge in [0.1, 0.15) is 0 Å². The highest BCUT2D eigenvalue weighted by Crippen LogP contribution is 2.25. The maximum atomic E-state index is 12.0. The molecule has 0 bridgehead atoms. The Bertz CT molecular complexity index is 789. The third-order valence-electron chi connectivity index (χ3n) is 2.30. The number of rotatable bonds is 4. The Morgan fingerprint density at radius 2 is 2.10 bits per heavy atom. The summed E-state index contributed by atoms with van der Waals surface area (Å²) in [5.74, 6) is -0.957. The molecular weight excluding hydrogens is 339 g/mol. The van der Waals surface area contributed by atoms with Gasteiger partial charge in [-0.05, 0) is 18.2 Å². The number of hydrogen-bond acceptors (Lipinski definition) is 5. The van der Waals surface area contributed by atoms with E-state index >= 15 is 0 Å². The minimum Gasteiger partial charge on any atom is -0.319 e. The molecule has 7 nitrogen and oxygen atoms in total. The predicted molar refractivity (Wildman–Crippen MR) is 79.3 cm³/mol. The summed E-state index contributed by atoms with van der Waals surface area (Å²) in [5, 5.41) is 10.8. The Kier molecular flexibility index (Phi) is 4.50. The van der Waals surface area contributed by atoms with Gasteiger partial charge in [0.05, 0.1) is 16.9 Å². The van der Waals surface area contributed by atoms with Crippen molar-refractivity contribution in [2.24, 2.45) is 0 Å². The molecule has 21 heavy (non-hydrogen) atoms. The van der Waals surface area contributed by atoms with Crippen LogP contribution in [0.15, 0.2) is 24.4 Å². The molecule has 0 unspecified atom stereocenters. The van der Waals surface area contributed by atoms with Crippen molar-refractivity contribution in [3.8, 4) is 0 Å². The number of sulfone groups is 1. The summed E-state index contributed by atoms with van der Waals surface area (Å²) in [4.78, 5) is 12.9. The fourth-order valence-electron chi connectivity index (χ4n) is 1.45. The van der Waals surface area contributed by atoms with E-state index in [1.165, 1.54) is 12.3 Å². The van der Waals surface area contributed by atoms with Crippen LogP contribution in [0.2, 0.25) is 10.0 Å². The van der Waals surface area contributed by atoms with Gasteiger partial charge in [0.25, 0.3) is 5.91 Å². The average Bonchev–Trinajstić information content (AvgIpc) is 2.78. The summed E-state index contributed by atoms with van der Waals surface area (Å²) in [7, 11) is -3.29. The molecule has 0 aliphatic rings. The lowest BCUT2D eigenvalue weighted by Gasteiger charge is -2.05. The molecule has 1 heterocycles. The normalized spacial score (nSPS) is 11.4. The van der Waals surface area contributed by atoms with Crippen molar-refractivity contribution in [3.05, 3.63) is 40.1 Å². The Balaban J connectivity index is 2.14. The minimum absolute atomic E-state index is 0.0235. The molecule has 10 heteroatoms. The molecule has 0 aliphatic carbocycles. The lowest BCUT2D eigenvalue weighted by Crippen LogP contribution is -2.15. The van der Waals surface area contributed by atoms with Crippen LogP contribution in [0.3, 0.4) is 0 Å². The summed E-state index contributed by atoms with van der Waals surface area (Å²) in [6.45, 7) is 0. The molecule has 0 fully saturated rings. The zero-order valence-electron chi connectivity index (χ0n) is 10.7. The summed E-state index contributed by atoms with van der Waals surface area (Å²) in [5.41, 5.74) is 0.341. The van der Waals surface area contributed by atoms with Crippen LogP contribution in [0.4, 0.5) is 5.69 Å². The van der Waals surface area contributed by atoms with Crippen LogP contribution in [0.1, 0.15) is 10.5 Å². The smallest absolute Gasteiger partial charge is 0.277 e. The van der Waals surface area contributed by atoms with Crippen LogP contribution in [-0.4, -0.2) is 35.6 Å². The lowest BCUT2D eigenvalue weighted by atomic mass is 10.3. The van der Waals surface area contributed by atoms with E-state index < -0.39 is 21.6 Å². The number of carbonyl (C=O) groups is 1. The van der Waals surface area contributed by atoms with Crippen molar-refractivity contribution in [1.29, 1.82) is 0 Å². The summed E-state index contributed by atoms with van der Waals surface area (Å²) in [6.07, 6.45) is 2.22. The number of anilines is 1. The van der Waals surface area contributed by atoms with Crippen molar-refractivity contribution in [2.45, 2.75) is 5.88 Å². The second-order valence-corrected chi connectivity index (χ2v) is 7.19. The summed E-state index contributed by atoms with van der Waals surface area (Å²) < 4.78 is 22.2. The van der Waals surface area contributed by atoms with Gasteiger partial charge in [-0.25, -0.2) is 8.42 Å². The molecule has 2 aromatic rings. The molecule has 0 aliphatic heterocycles. The average molecular weight is 349 g/mol. The van der Waals surface area contributed by atoms with Gasteiger partial charge in [0.2, 0.25) is 0 Å². The molecule has 0 saturated heterocycles. The largest absolute Gasteiger partial charge is 0.319 e. The molecule has 0 radical (unpaired) electrons. The van der Waals surface area contributed by atoms with Crippen LogP contribution in [0.25, 0.3) is 0 Å². The number of halogens is 2. The van der Waals surface area contributed by atoms with E-state index in [0.29, 0.717) is 10.7 Å². The Morgan fingerprint density at radius 3 is 2.71 bits per heavy atom. The van der Waals surface area contributed by atoms with Gasteiger partial charge in [0, 0.05) is 11.3 Å². The molecule has 1 amide bonds. The molecule has 1 aromatic heterocycles. The van der Waals surface area contributed by atoms with Crippen LogP contribution < -0.4 is 5.32 Å². The van der Waals surface area contributed by atoms with E-state index in [2.05, 4.69) is 15.5 Å². The molecular formula is C11H10Cl2N4O3S. The SMILES string of the molecule is CS(=O)(=O)Cn1ncc(C(=O)Nc2ccc(Cl)cc2Cl)n1. The van der Waals surface area contributed by atoms with Gasteiger partial charge in [0.15, 0.2) is 21.4 Å². The zero-order valence-corrected chi connectivity index (χ0v) is 13.1. The number of nitrogens with zero attached hydrogens (tertiary/aromatic N) is 3.